The number of carbonyl (C=O) groups excluding carboxylic acids is 1. The molecule has 1 fully saturated rings. The van der Waals surface area contributed by atoms with Gasteiger partial charge in [0.2, 0.25) is 0 Å². The summed E-state index contributed by atoms with van der Waals surface area (Å²) in [5.74, 6) is 0.618. The van der Waals surface area contributed by atoms with Crippen LogP contribution in [0.25, 0.3) is 0 Å². The van der Waals surface area contributed by atoms with Crippen molar-refractivity contribution in [3.05, 3.63) is 0 Å². The molecule has 1 aliphatic rings. The summed E-state index contributed by atoms with van der Waals surface area (Å²) in [6.07, 6.45) is 3.26. The first-order valence-corrected chi connectivity index (χ1v) is 7.06. The summed E-state index contributed by atoms with van der Waals surface area (Å²) in [6.45, 7) is 11.0. The Morgan fingerprint density at radius 3 is 2.72 bits per heavy atom. The largest absolute Gasteiger partial charge is 0.336 e. The Kier molecular flexibility index (Phi) is 5.45. The maximum Gasteiger partial charge on any atom is 0.317 e. The summed E-state index contributed by atoms with van der Waals surface area (Å²) in [7, 11) is 0. The summed E-state index contributed by atoms with van der Waals surface area (Å²) in [4.78, 5) is 13.9. The van der Waals surface area contributed by atoms with Gasteiger partial charge in [0.1, 0.15) is 0 Å². The average molecular weight is 255 g/mol. The zero-order chi connectivity index (χ0) is 13.8. The SMILES string of the molecule is CC1CCCN(C(=O)NCC(N)CC(C)(C)C)C1. The lowest BCUT2D eigenvalue weighted by molar-refractivity contribution is 0.168. The number of nitrogens with zero attached hydrogens (tertiary/aromatic N) is 1. The monoisotopic (exact) mass is 255 g/mol. The zero-order valence-electron chi connectivity index (χ0n) is 12.3. The standard InChI is InChI=1S/C14H29N3O/c1-11-6-5-7-17(10-11)13(18)16-9-12(15)8-14(2,3)4/h11-12H,5-10,15H2,1-4H3,(H,16,18). The van der Waals surface area contributed by atoms with Gasteiger partial charge in [0.05, 0.1) is 0 Å². The Hall–Kier alpha value is -0.770. The van der Waals surface area contributed by atoms with E-state index in [0.717, 1.165) is 25.9 Å². The number of likely N-dealkylation sites (tertiary alicyclic amines) is 1. The van der Waals surface area contributed by atoms with Crippen LogP contribution in [0.3, 0.4) is 0 Å². The number of hydrogen-bond donors (Lipinski definition) is 2. The lowest BCUT2D eigenvalue weighted by atomic mass is 9.88. The van der Waals surface area contributed by atoms with Crippen LogP contribution < -0.4 is 11.1 Å². The van der Waals surface area contributed by atoms with Gasteiger partial charge in [-0.05, 0) is 30.6 Å². The molecule has 0 radical (unpaired) electrons. The van der Waals surface area contributed by atoms with E-state index in [1.165, 1.54) is 6.42 Å². The van der Waals surface area contributed by atoms with Gasteiger partial charge in [-0.1, -0.05) is 27.7 Å². The maximum atomic E-state index is 12.0. The van der Waals surface area contributed by atoms with Crippen LogP contribution in [0.2, 0.25) is 0 Å². The first-order valence-electron chi connectivity index (χ1n) is 7.06. The van der Waals surface area contributed by atoms with E-state index in [0.29, 0.717) is 12.5 Å². The van der Waals surface area contributed by atoms with Crippen LogP contribution in [-0.2, 0) is 0 Å². The molecule has 3 N–H and O–H groups in total. The number of carbonyl (C=O) groups is 1. The van der Waals surface area contributed by atoms with Crippen molar-refractivity contribution in [3.63, 3.8) is 0 Å². The fraction of sp³-hybridized carbons (Fsp3) is 0.929. The lowest BCUT2D eigenvalue weighted by Crippen LogP contribution is -2.48. The topological polar surface area (TPSA) is 58.4 Å². The van der Waals surface area contributed by atoms with E-state index in [-0.39, 0.29) is 17.5 Å². The summed E-state index contributed by atoms with van der Waals surface area (Å²) in [5.41, 5.74) is 6.24. The van der Waals surface area contributed by atoms with E-state index in [9.17, 15) is 4.79 Å². The van der Waals surface area contributed by atoms with Crippen LogP contribution in [0.4, 0.5) is 4.79 Å². The Morgan fingerprint density at radius 1 is 1.50 bits per heavy atom. The molecule has 0 aliphatic carbocycles. The van der Waals surface area contributed by atoms with Crippen molar-refractivity contribution in [2.45, 2.75) is 53.0 Å². The van der Waals surface area contributed by atoms with E-state index < -0.39 is 0 Å². The van der Waals surface area contributed by atoms with Crippen molar-refractivity contribution in [1.29, 1.82) is 0 Å². The fourth-order valence-corrected chi connectivity index (χ4v) is 2.56. The second-order valence-electron chi connectivity index (χ2n) is 6.90. The van der Waals surface area contributed by atoms with Crippen LogP contribution in [-0.4, -0.2) is 36.6 Å². The predicted molar refractivity (Wildman–Crippen MR) is 75.4 cm³/mol. The van der Waals surface area contributed by atoms with Gasteiger partial charge < -0.3 is 16.0 Å². The summed E-state index contributed by atoms with van der Waals surface area (Å²) in [6, 6.07) is 0.0853. The summed E-state index contributed by atoms with van der Waals surface area (Å²) >= 11 is 0. The van der Waals surface area contributed by atoms with Crippen LogP contribution >= 0.6 is 0 Å². The highest BCUT2D eigenvalue weighted by Crippen LogP contribution is 2.19. The molecule has 0 spiro atoms. The minimum Gasteiger partial charge on any atom is -0.336 e. The lowest BCUT2D eigenvalue weighted by Gasteiger charge is -2.31. The van der Waals surface area contributed by atoms with Gasteiger partial charge in [0.25, 0.3) is 0 Å². The first-order chi connectivity index (χ1) is 8.28. The number of amides is 2. The fourth-order valence-electron chi connectivity index (χ4n) is 2.56. The van der Waals surface area contributed by atoms with Gasteiger partial charge in [-0.2, -0.15) is 0 Å². The van der Waals surface area contributed by atoms with Crippen molar-refractivity contribution in [2.75, 3.05) is 19.6 Å². The van der Waals surface area contributed by atoms with Crippen molar-refractivity contribution < 1.29 is 4.79 Å². The third-order valence-electron chi connectivity index (χ3n) is 3.33. The maximum absolute atomic E-state index is 12.0. The Balaban J connectivity index is 2.28. The molecule has 1 rings (SSSR count). The Morgan fingerprint density at radius 2 is 2.17 bits per heavy atom. The molecule has 0 bridgehead atoms. The molecule has 4 heteroatoms. The van der Waals surface area contributed by atoms with Crippen molar-refractivity contribution in [1.82, 2.24) is 10.2 Å². The highest BCUT2D eigenvalue weighted by atomic mass is 16.2. The summed E-state index contributed by atoms with van der Waals surface area (Å²) in [5, 5.41) is 2.96. The summed E-state index contributed by atoms with van der Waals surface area (Å²) < 4.78 is 0. The van der Waals surface area contributed by atoms with Crippen LogP contribution in [0, 0.1) is 11.3 Å². The van der Waals surface area contributed by atoms with Gasteiger partial charge in [0, 0.05) is 25.7 Å². The quantitative estimate of drug-likeness (QED) is 0.812. The molecule has 1 saturated heterocycles. The third-order valence-corrected chi connectivity index (χ3v) is 3.33. The van der Waals surface area contributed by atoms with Crippen LogP contribution in [0.5, 0.6) is 0 Å². The minimum absolute atomic E-state index is 0.0381. The molecular weight excluding hydrogens is 226 g/mol. The molecule has 1 aliphatic heterocycles. The van der Waals surface area contributed by atoms with E-state index in [4.69, 9.17) is 5.73 Å². The molecule has 1 heterocycles. The molecule has 0 saturated carbocycles. The number of hydrogen-bond acceptors (Lipinski definition) is 2. The van der Waals surface area contributed by atoms with Gasteiger partial charge >= 0.3 is 6.03 Å². The van der Waals surface area contributed by atoms with Gasteiger partial charge in [-0.3, -0.25) is 0 Å². The van der Waals surface area contributed by atoms with E-state index >= 15 is 0 Å². The molecule has 2 amide bonds. The molecule has 2 atom stereocenters. The number of nitrogens with two attached hydrogens (primary N) is 1. The molecule has 4 nitrogen and oxygen atoms in total. The molecule has 0 aromatic heterocycles. The Labute approximate surface area is 111 Å². The van der Waals surface area contributed by atoms with E-state index in [1.807, 2.05) is 4.90 Å². The van der Waals surface area contributed by atoms with Gasteiger partial charge in [-0.25, -0.2) is 4.79 Å². The molecule has 106 valence electrons. The molecule has 2 unspecified atom stereocenters. The molecule has 0 aromatic rings. The Bertz CT molecular complexity index is 273. The average Bonchev–Trinajstić information content (AvgIpc) is 2.23. The van der Waals surface area contributed by atoms with Gasteiger partial charge in [0.15, 0.2) is 0 Å². The third kappa shape index (κ3) is 5.71. The van der Waals surface area contributed by atoms with E-state index in [1.54, 1.807) is 0 Å². The highest BCUT2D eigenvalue weighted by molar-refractivity contribution is 5.74. The number of piperidine rings is 1. The van der Waals surface area contributed by atoms with Crippen molar-refractivity contribution in [3.8, 4) is 0 Å². The minimum atomic E-state index is 0.0381. The predicted octanol–water partition coefficient (Wildman–Crippen LogP) is 2.19. The second-order valence-corrected chi connectivity index (χ2v) is 6.90. The smallest absolute Gasteiger partial charge is 0.317 e. The number of nitrogens with one attached hydrogen (secondary N) is 1. The molecule has 18 heavy (non-hydrogen) atoms. The van der Waals surface area contributed by atoms with Crippen molar-refractivity contribution >= 4 is 6.03 Å². The van der Waals surface area contributed by atoms with Crippen LogP contribution in [0.15, 0.2) is 0 Å². The molecule has 0 aromatic carbocycles. The second kappa shape index (κ2) is 6.41. The number of rotatable bonds is 3. The van der Waals surface area contributed by atoms with Crippen LogP contribution in [0.1, 0.15) is 47.0 Å². The highest BCUT2D eigenvalue weighted by Gasteiger charge is 2.22. The number of urea groups is 1. The van der Waals surface area contributed by atoms with Crippen molar-refractivity contribution in [2.24, 2.45) is 17.1 Å². The first kappa shape index (κ1) is 15.3. The van der Waals surface area contributed by atoms with Gasteiger partial charge in [-0.15, -0.1) is 0 Å². The normalized spacial score (nSPS) is 22.7. The van der Waals surface area contributed by atoms with E-state index in [2.05, 4.69) is 33.0 Å². The molecular formula is C14H29N3O. The zero-order valence-corrected chi connectivity index (χ0v) is 12.3.